The van der Waals surface area contributed by atoms with Gasteiger partial charge in [-0.05, 0) is 83.5 Å². The molecule has 8 amide bonds. The molecule has 2 aliphatic rings. The van der Waals surface area contributed by atoms with Crippen molar-refractivity contribution in [2.75, 3.05) is 39.3 Å². The molecule has 0 spiro atoms. The van der Waals surface area contributed by atoms with E-state index in [0.29, 0.717) is 89.5 Å². The number of amides is 8. The van der Waals surface area contributed by atoms with Gasteiger partial charge in [-0.25, -0.2) is 0 Å². The van der Waals surface area contributed by atoms with Crippen LogP contribution in [0.4, 0.5) is 0 Å². The molecule has 0 aromatic heterocycles. The van der Waals surface area contributed by atoms with Crippen molar-refractivity contribution in [1.29, 1.82) is 0 Å². The van der Waals surface area contributed by atoms with Crippen molar-refractivity contribution in [2.45, 2.75) is 134 Å². The van der Waals surface area contributed by atoms with Gasteiger partial charge < -0.3 is 53.6 Å². The molecule has 18 heteroatoms. The summed E-state index contributed by atoms with van der Waals surface area (Å²) in [5.74, 6) is -3.32. The van der Waals surface area contributed by atoms with Crippen molar-refractivity contribution in [3.05, 3.63) is 0 Å². The van der Waals surface area contributed by atoms with E-state index in [-0.39, 0.29) is 32.0 Å². The number of hydrogen-bond acceptors (Lipinski definition) is 10. The average Bonchev–Trinajstić information content (AvgIpc) is 4.02. The third-order valence-corrected chi connectivity index (χ3v) is 8.85. The topological polar surface area (TPSA) is 276 Å². The van der Waals surface area contributed by atoms with Crippen LogP contribution < -0.4 is 48.7 Å². The molecule has 3 atom stereocenters. The summed E-state index contributed by atoms with van der Waals surface area (Å²) in [6.07, 6.45) is 8.91. The van der Waals surface area contributed by atoms with E-state index in [4.69, 9.17) is 11.5 Å². The lowest BCUT2D eigenvalue weighted by atomic mass is 10.1. The summed E-state index contributed by atoms with van der Waals surface area (Å²) in [4.78, 5) is 99.2. The fourth-order valence-electron chi connectivity index (χ4n) is 5.60. The molecule has 53 heavy (non-hydrogen) atoms. The van der Waals surface area contributed by atoms with E-state index in [1.807, 2.05) is 0 Å². The molecule has 0 bridgehead atoms. The zero-order chi connectivity index (χ0) is 39.2. The smallest absolute Gasteiger partial charge is 0.242 e. The number of nitrogens with zero attached hydrogens (tertiary/aromatic N) is 1. The highest BCUT2D eigenvalue weighted by molar-refractivity contribution is 5.90. The van der Waals surface area contributed by atoms with Gasteiger partial charge in [0, 0.05) is 58.5 Å². The zero-order valence-corrected chi connectivity index (χ0v) is 31.4. The Bertz CT molecular complexity index is 1190. The highest BCUT2D eigenvalue weighted by atomic mass is 16.2. The van der Waals surface area contributed by atoms with Crippen LogP contribution in [-0.2, 0) is 38.4 Å². The minimum absolute atomic E-state index is 0.0920. The van der Waals surface area contributed by atoms with Crippen LogP contribution in [0.1, 0.15) is 104 Å². The second-order valence-corrected chi connectivity index (χ2v) is 14.0. The van der Waals surface area contributed by atoms with Crippen molar-refractivity contribution < 1.29 is 38.4 Å². The number of rotatable bonds is 30. The molecule has 2 unspecified atom stereocenters. The van der Waals surface area contributed by atoms with Crippen LogP contribution >= 0.6 is 0 Å². The quantitative estimate of drug-likeness (QED) is 0.0362. The first-order chi connectivity index (χ1) is 25.2. The summed E-state index contributed by atoms with van der Waals surface area (Å²) in [5, 5.41) is 19.9. The van der Waals surface area contributed by atoms with Gasteiger partial charge in [0.1, 0.15) is 19.1 Å². The van der Waals surface area contributed by atoms with Gasteiger partial charge in [0.25, 0.3) is 0 Å². The molecule has 2 rings (SSSR count). The van der Waals surface area contributed by atoms with E-state index in [2.05, 4.69) is 37.2 Å². The number of primary amides is 2. The molecule has 0 heterocycles. The molecular weight excluding hydrogens is 688 g/mol. The third kappa shape index (κ3) is 21.7. The maximum atomic E-state index is 13.3. The largest absolute Gasteiger partial charge is 0.368 e. The number of hydrogen-bond donors (Lipinski definition) is 9. The van der Waals surface area contributed by atoms with Crippen LogP contribution in [0.2, 0.25) is 0 Å². The number of carbonyl (C=O) groups is 8. The van der Waals surface area contributed by atoms with Crippen LogP contribution in [0.15, 0.2) is 0 Å². The molecule has 2 fully saturated rings. The number of carbonyl (C=O) groups excluding carboxylic acids is 8. The van der Waals surface area contributed by atoms with Gasteiger partial charge in [-0.1, -0.05) is 0 Å². The van der Waals surface area contributed by atoms with E-state index in [1.54, 1.807) is 0 Å². The molecule has 0 aliphatic heterocycles. The molecule has 300 valence electrons. The molecule has 0 saturated heterocycles. The van der Waals surface area contributed by atoms with Crippen LogP contribution in [-0.4, -0.2) is 122 Å². The number of nitrogens with two attached hydrogens (primary N) is 2. The van der Waals surface area contributed by atoms with Gasteiger partial charge in [-0.2, -0.15) is 0 Å². The fraction of sp³-hybridized carbons (Fsp3) is 0.771. The first-order valence-corrected chi connectivity index (χ1v) is 19.0. The molecule has 11 N–H and O–H groups in total. The molecular formula is C35H62N10O8. The monoisotopic (exact) mass is 750 g/mol. The van der Waals surface area contributed by atoms with Crippen molar-refractivity contribution in [3.8, 4) is 0 Å². The SMILES string of the molecule is CC(=O)NCCCC[C@H](NC(C)=O)C(=O)NCCC(=O)N(CC(=O)NCCCCC(NC1CC1)C(N)=O)CC(=O)NCCCCC(NC1CC1)C(N)=O. The molecule has 2 aliphatic carbocycles. The summed E-state index contributed by atoms with van der Waals surface area (Å²) in [6, 6.07) is -1.01. The minimum Gasteiger partial charge on any atom is -0.368 e. The van der Waals surface area contributed by atoms with Gasteiger partial charge in [-0.3, -0.25) is 38.4 Å². The Hall–Kier alpha value is -4.32. The minimum atomic E-state index is -0.835. The Labute approximate surface area is 312 Å². The highest BCUT2D eigenvalue weighted by Gasteiger charge is 2.28. The van der Waals surface area contributed by atoms with Crippen LogP contribution in [0, 0.1) is 0 Å². The van der Waals surface area contributed by atoms with Gasteiger partial charge in [-0.15, -0.1) is 0 Å². The lowest BCUT2D eigenvalue weighted by Gasteiger charge is -2.23. The molecule has 0 radical (unpaired) electrons. The Kier molecular flexibility index (Phi) is 21.0. The Morgan fingerprint density at radius 1 is 0.566 bits per heavy atom. The van der Waals surface area contributed by atoms with Crippen LogP contribution in [0.5, 0.6) is 0 Å². The van der Waals surface area contributed by atoms with Crippen molar-refractivity contribution in [1.82, 2.24) is 42.1 Å². The maximum absolute atomic E-state index is 13.3. The molecule has 0 aromatic carbocycles. The van der Waals surface area contributed by atoms with Gasteiger partial charge in [0.15, 0.2) is 0 Å². The Morgan fingerprint density at radius 2 is 1.00 bits per heavy atom. The van der Waals surface area contributed by atoms with E-state index in [0.717, 1.165) is 30.6 Å². The highest BCUT2D eigenvalue weighted by Crippen LogP contribution is 2.21. The normalized spacial score (nSPS) is 15.3. The molecule has 18 nitrogen and oxygen atoms in total. The second-order valence-electron chi connectivity index (χ2n) is 14.0. The maximum Gasteiger partial charge on any atom is 0.242 e. The predicted octanol–water partition coefficient (Wildman–Crippen LogP) is -2.08. The molecule has 0 aromatic rings. The Balaban J connectivity index is 1.86. The van der Waals surface area contributed by atoms with E-state index in [1.165, 1.54) is 13.8 Å². The third-order valence-electron chi connectivity index (χ3n) is 8.85. The lowest BCUT2D eigenvalue weighted by Crippen LogP contribution is -2.48. The van der Waals surface area contributed by atoms with E-state index in [9.17, 15) is 38.4 Å². The summed E-state index contributed by atoms with van der Waals surface area (Å²) in [7, 11) is 0. The van der Waals surface area contributed by atoms with Crippen molar-refractivity contribution >= 4 is 47.3 Å². The number of unbranched alkanes of at least 4 members (excludes halogenated alkanes) is 3. The summed E-state index contributed by atoms with van der Waals surface area (Å²) >= 11 is 0. The van der Waals surface area contributed by atoms with E-state index < -0.39 is 59.5 Å². The second kappa shape index (κ2) is 24.8. The first-order valence-electron chi connectivity index (χ1n) is 19.0. The molecule has 2 saturated carbocycles. The summed E-state index contributed by atoms with van der Waals surface area (Å²) < 4.78 is 0. The van der Waals surface area contributed by atoms with Crippen molar-refractivity contribution in [3.63, 3.8) is 0 Å². The Morgan fingerprint density at radius 3 is 1.40 bits per heavy atom. The van der Waals surface area contributed by atoms with Gasteiger partial charge >= 0.3 is 0 Å². The standard InChI is InChI=1S/C35H62N10O8/c1-23(46)38-17-6-5-11-29(42-24(2)47)35(53)41-20-16-32(50)45(21-30(48)39-18-7-3-9-27(33(36)51)43-25-12-13-25)22-31(49)40-19-8-4-10-28(34(37)52)44-26-14-15-26/h25-29,43-44H,3-22H2,1-2H3,(H2,36,51)(H2,37,52)(H,38,46)(H,39,48)(H,40,49)(H,41,53)(H,42,47)/t27?,28?,29-/m0/s1. The van der Waals surface area contributed by atoms with Gasteiger partial charge in [0.05, 0.1) is 12.1 Å². The summed E-state index contributed by atoms with van der Waals surface area (Å²) in [5.41, 5.74) is 11.0. The predicted molar refractivity (Wildman–Crippen MR) is 196 cm³/mol. The average molecular weight is 751 g/mol. The first kappa shape index (κ1) is 44.8. The van der Waals surface area contributed by atoms with Crippen molar-refractivity contribution in [2.24, 2.45) is 11.5 Å². The van der Waals surface area contributed by atoms with Crippen LogP contribution in [0.3, 0.4) is 0 Å². The zero-order valence-electron chi connectivity index (χ0n) is 31.4. The number of nitrogens with one attached hydrogen (secondary N) is 7. The van der Waals surface area contributed by atoms with E-state index >= 15 is 0 Å². The fourth-order valence-corrected chi connectivity index (χ4v) is 5.60. The lowest BCUT2D eigenvalue weighted by molar-refractivity contribution is -0.139. The van der Waals surface area contributed by atoms with Gasteiger partial charge in [0.2, 0.25) is 47.3 Å². The summed E-state index contributed by atoms with van der Waals surface area (Å²) in [6.45, 7) is 2.88. The van der Waals surface area contributed by atoms with Crippen LogP contribution in [0.25, 0.3) is 0 Å².